The van der Waals surface area contributed by atoms with Gasteiger partial charge in [-0.3, -0.25) is 9.78 Å². The molecule has 1 N–H and O–H groups in total. The Labute approximate surface area is 154 Å². The first-order valence-electron chi connectivity index (χ1n) is 7.41. The van der Waals surface area contributed by atoms with Crippen LogP contribution in [0.4, 0.5) is 0 Å². The van der Waals surface area contributed by atoms with Crippen molar-refractivity contribution >= 4 is 28.5 Å². The minimum atomic E-state index is -0.137. The third-order valence-corrected chi connectivity index (χ3v) is 4.00. The summed E-state index contributed by atoms with van der Waals surface area (Å²) >= 11 is 2.25. The van der Waals surface area contributed by atoms with E-state index in [1.165, 1.54) is 0 Å². The minimum absolute atomic E-state index is 0.137. The van der Waals surface area contributed by atoms with Gasteiger partial charge in [-0.05, 0) is 70.6 Å². The summed E-state index contributed by atoms with van der Waals surface area (Å²) in [6.45, 7) is 0.456. The van der Waals surface area contributed by atoms with E-state index >= 15 is 0 Å². The lowest BCUT2D eigenvalue weighted by molar-refractivity contribution is 0.0950. The number of carbonyl (C=O) groups excluding carboxylic acids is 1. The average Bonchev–Trinajstić information content (AvgIpc) is 2.62. The summed E-state index contributed by atoms with van der Waals surface area (Å²) in [7, 11) is 0. The van der Waals surface area contributed by atoms with Gasteiger partial charge >= 0.3 is 0 Å². The van der Waals surface area contributed by atoms with Gasteiger partial charge in [0.25, 0.3) is 5.91 Å². The average molecular weight is 430 g/mol. The zero-order valence-electron chi connectivity index (χ0n) is 12.8. The Kier molecular flexibility index (Phi) is 5.43. The van der Waals surface area contributed by atoms with Gasteiger partial charge < -0.3 is 10.1 Å². The molecule has 5 heteroatoms. The molecule has 0 aliphatic heterocycles. The molecule has 0 saturated heterocycles. The van der Waals surface area contributed by atoms with E-state index in [4.69, 9.17) is 4.74 Å². The number of rotatable bonds is 5. The molecular weight excluding hydrogens is 415 g/mol. The first-order chi connectivity index (χ1) is 11.7. The van der Waals surface area contributed by atoms with Crippen molar-refractivity contribution in [1.82, 2.24) is 10.3 Å². The third-order valence-electron chi connectivity index (χ3n) is 3.33. The normalized spacial score (nSPS) is 10.2. The monoisotopic (exact) mass is 430 g/mol. The van der Waals surface area contributed by atoms with Gasteiger partial charge in [0.05, 0.1) is 5.56 Å². The van der Waals surface area contributed by atoms with Crippen LogP contribution in [0.15, 0.2) is 73.1 Å². The molecule has 0 atom stereocenters. The molecule has 120 valence electrons. The summed E-state index contributed by atoms with van der Waals surface area (Å²) in [6.07, 6.45) is 3.19. The summed E-state index contributed by atoms with van der Waals surface area (Å²) in [5.41, 5.74) is 1.55. The van der Waals surface area contributed by atoms with Crippen LogP contribution < -0.4 is 10.1 Å². The molecule has 2 aromatic carbocycles. The zero-order chi connectivity index (χ0) is 16.8. The number of ether oxygens (including phenoxy) is 1. The number of nitrogens with zero attached hydrogens (tertiary/aromatic N) is 1. The van der Waals surface area contributed by atoms with Crippen molar-refractivity contribution in [3.05, 3.63) is 87.8 Å². The summed E-state index contributed by atoms with van der Waals surface area (Å²) in [4.78, 5) is 15.9. The zero-order valence-corrected chi connectivity index (χ0v) is 14.9. The number of hydrogen-bond donors (Lipinski definition) is 1. The van der Waals surface area contributed by atoms with E-state index < -0.39 is 0 Å². The molecule has 3 rings (SSSR count). The lowest BCUT2D eigenvalue weighted by atomic mass is 10.2. The Morgan fingerprint density at radius 1 is 1.04 bits per heavy atom. The predicted molar refractivity (Wildman–Crippen MR) is 101 cm³/mol. The van der Waals surface area contributed by atoms with Crippen LogP contribution in [-0.2, 0) is 6.54 Å². The molecule has 0 spiro atoms. The molecule has 0 saturated carbocycles. The van der Waals surface area contributed by atoms with Crippen LogP contribution in [0.2, 0.25) is 0 Å². The Morgan fingerprint density at radius 2 is 1.88 bits per heavy atom. The lowest BCUT2D eigenvalue weighted by Crippen LogP contribution is -2.22. The second-order valence-corrected chi connectivity index (χ2v) is 6.37. The Hall–Kier alpha value is -2.41. The number of hydrogen-bond acceptors (Lipinski definition) is 3. The molecule has 0 fully saturated rings. The van der Waals surface area contributed by atoms with Crippen molar-refractivity contribution in [3.63, 3.8) is 0 Å². The molecule has 4 nitrogen and oxygen atoms in total. The van der Waals surface area contributed by atoms with E-state index in [9.17, 15) is 4.79 Å². The van der Waals surface area contributed by atoms with Crippen LogP contribution in [-0.4, -0.2) is 10.9 Å². The topological polar surface area (TPSA) is 51.2 Å². The Morgan fingerprint density at radius 3 is 2.58 bits per heavy atom. The highest BCUT2D eigenvalue weighted by Gasteiger charge is 2.05. The predicted octanol–water partition coefficient (Wildman–Crippen LogP) is 4.41. The number of benzene rings is 2. The van der Waals surface area contributed by atoms with Gasteiger partial charge in [-0.25, -0.2) is 0 Å². The second-order valence-electron chi connectivity index (χ2n) is 5.13. The van der Waals surface area contributed by atoms with Crippen LogP contribution in [0.1, 0.15) is 15.9 Å². The summed E-state index contributed by atoms with van der Waals surface area (Å²) in [5.74, 6) is 1.43. The standard InChI is InChI=1S/C19H15IN2O2/c20-16-4-1-5-18(11-16)24-17-8-6-14(7-9-17)12-22-19(23)15-3-2-10-21-13-15/h1-11,13H,12H2,(H,22,23). The van der Waals surface area contributed by atoms with E-state index in [0.717, 1.165) is 20.6 Å². The highest BCUT2D eigenvalue weighted by Crippen LogP contribution is 2.23. The quantitative estimate of drug-likeness (QED) is 0.611. The SMILES string of the molecule is O=C(NCc1ccc(Oc2cccc(I)c2)cc1)c1cccnc1. The molecule has 24 heavy (non-hydrogen) atoms. The van der Waals surface area contributed by atoms with Crippen molar-refractivity contribution < 1.29 is 9.53 Å². The second kappa shape index (κ2) is 7.92. The van der Waals surface area contributed by atoms with Gasteiger partial charge in [0.1, 0.15) is 11.5 Å². The van der Waals surface area contributed by atoms with Crippen molar-refractivity contribution in [3.8, 4) is 11.5 Å². The molecule has 1 heterocycles. The number of nitrogens with one attached hydrogen (secondary N) is 1. The number of aromatic nitrogens is 1. The van der Waals surface area contributed by atoms with Gasteiger partial charge in [-0.1, -0.05) is 18.2 Å². The first-order valence-corrected chi connectivity index (χ1v) is 8.49. The van der Waals surface area contributed by atoms with Gasteiger partial charge in [0.2, 0.25) is 0 Å². The Bertz CT molecular complexity index is 820. The van der Waals surface area contributed by atoms with Crippen LogP contribution in [0.25, 0.3) is 0 Å². The van der Waals surface area contributed by atoms with Crippen LogP contribution in [0.3, 0.4) is 0 Å². The highest BCUT2D eigenvalue weighted by molar-refractivity contribution is 14.1. The van der Waals surface area contributed by atoms with Crippen molar-refractivity contribution in [2.45, 2.75) is 6.54 Å². The molecule has 1 aromatic heterocycles. The lowest BCUT2D eigenvalue weighted by Gasteiger charge is -2.08. The van der Waals surface area contributed by atoms with E-state index in [-0.39, 0.29) is 5.91 Å². The number of carbonyl (C=O) groups is 1. The third kappa shape index (κ3) is 4.55. The first kappa shape index (κ1) is 16.4. The molecule has 0 aliphatic rings. The van der Waals surface area contributed by atoms with E-state index in [0.29, 0.717) is 12.1 Å². The summed E-state index contributed by atoms with van der Waals surface area (Å²) < 4.78 is 6.93. The summed E-state index contributed by atoms with van der Waals surface area (Å²) in [5, 5.41) is 2.87. The molecule has 0 unspecified atom stereocenters. The van der Waals surface area contributed by atoms with Gasteiger partial charge in [-0.2, -0.15) is 0 Å². The number of amides is 1. The maximum atomic E-state index is 12.0. The van der Waals surface area contributed by atoms with Gasteiger partial charge in [-0.15, -0.1) is 0 Å². The molecule has 1 amide bonds. The fourth-order valence-corrected chi connectivity index (χ4v) is 2.64. The molecular formula is C19H15IN2O2. The minimum Gasteiger partial charge on any atom is -0.457 e. The number of pyridine rings is 1. The molecule has 0 radical (unpaired) electrons. The molecule has 0 aliphatic carbocycles. The van der Waals surface area contributed by atoms with E-state index in [2.05, 4.69) is 32.9 Å². The van der Waals surface area contributed by atoms with Crippen molar-refractivity contribution in [1.29, 1.82) is 0 Å². The van der Waals surface area contributed by atoms with Gasteiger partial charge in [0.15, 0.2) is 0 Å². The van der Waals surface area contributed by atoms with Crippen LogP contribution in [0.5, 0.6) is 11.5 Å². The highest BCUT2D eigenvalue weighted by atomic mass is 127. The van der Waals surface area contributed by atoms with Crippen molar-refractivity contribution in [2.75, 3.05) is 0 Å². The maximum absolute atomic E-state index is 12.0. The van der Waals surface area contributed by atoms with E-state index in [1.54, 1.807) is 24.5 Å². The summed E-state index contributed by atoms with van der Waals surface area (Å²) in [6, 6.07) is 19.0. The van der Waals surface area contributed by atoms with Crippen LogP contribution >= 0.6 is 22.6 Å². The molecule has 3 aromatic rings. The largest absolute Gasteiger partial charge is 0.457 e. The smallest absolute Gasteiger partial charge is 0.253 e. The Balaban J connectivity index is 1.57. The van der Waals surface area contributed by atoms with Gasteiger partial charge in [0, 0.05) is 22.5 Å². The number of halogens is 1. The fraction of sp³-hybridized carbons (Fsp3) is 0.0526. The fourth-order valence-electron chi connectivity index (χ4n) is 2.12. The van der Waals surface area contributed by atoms with Crippen LogP contribution in [0, 0.1) is 3.57 Å². The maximum Gasteiger partial charge on any atom is 0.253 e. The van der Waals surface area contributed by atoms with Crippen molar-refractivity contribution in [2.24, 2.45) is 0 Å². The molecule has 0 bridgehead atoms. The van der Waals surface area contributed by atoms with E-state index in [1.807, 2.05) is 48.5 Å².